The van der Waals surface area contributed by atoms with E-state index in [-0.39, 0.29) is 16.5 Å². The minimum Gasteiger partial charge on any atom is -0.452 e. The highest BCUT2D eigenvalue weighted by Crippen LogP contribution is 2.29. The quantitative estimate of drug-likeness (QED) is 0.186. The Kier molecular flexibility index (Phi) is 13.2. The van der Waals surface area contributed by atoms with Gasteiger partial charge in [0.15, 0.2) is 6.61 Å². The average Bonchev–Trinajstić information content (AvgIpc) is 2.84. The topological polar surface area (TPSA) is 84.5 Å². The predicted molar refractivity (Wildman–Crippen MR) is 142 cm³/mol. The summed E-state index contributed by atoms with van der Waals surface area (Å²) in [5.41, 5.74) is 0.864. The maximum atomic E-state index is 12.6. The van der Waals surface area contributed by atoms with Gasteiger partial charge in [0.25, 0.3) is 5.91 Å². The minimum absolute atomic E-state index is 0.151. The third-order valence-electron chi connectivity index (χ3n) is 5.49. The molecule has 8 heteroatoms. The van der Waals surface area contributed by atoms with Crippen LogP contribution in [0.5, 0.6) is 0 Å². The van der Waals surface area contributed by atoms with Crippen LogP contribution < -0.4 is 10.6 Å². The van der Waals surface area contributed by atoms with E-state index in [0.717, 1.165) is 19.3 Å². The van der Waals surface area contributed by atoms with Crippen LogP contribution in [-0.4, -0.2) is 24.4 Å². The number of para-hydroxylation sites is 1. The molecule has 0 unspecified atom stereocenters. The molecule has 35 heavy (non-hydrogen) atoms. The molecule has 0 spiro atoms. The van der Waals surface area contributed by atoms with E-state index in [1.165, 1.54) is 38.5 Å². The SMILES string of the molecule is CCCCCCCCCCCC(=O)Nc1ccccc1C(=O)OCC(=O)Nc1cccc(Cl)c1Cl. The van der Waals surface area contributed by atoms with E-state index in [1.807, 2.05) is 0 Å². The van der Waals surface area contributed by atoms with Crippen molar-refractivity contribution in [2.75, 3.05) is 17.2 Å². The Hall–Kier alpha value is -2.57. The van der Waals surface area contributed by atoms with Crippen LogP contribution in [0.1, 0.15) is 81.5 Å². The normalized spacial score (nSPS) is 10.6. The van der Waals surface area contributed by atoms with Crippen LogP contribution in [0, 0.1) is 0 Å². The van der Waals surface area contributed by atoms with Gasteiger partial charge in [-0.1, -0.05) is 99.7 Å². The summed E-state index contributed by atoms with van der Waals surface area (Å²) < 4.78 is 5.14. The van der Waals surface area contributed by atoms with Crippen LogP contribution >= 0.6 is 23.2 Å². The van der Waals surface area contributed by atoms with Gasteiger partial charge >= 0.3 is 5.97 Å². The molecule has 0 aliphatic carbocycles. The van der Waals surface area contributed by atoms with Crippen molar-refractivity contribution < 1.29 is 19.1 Å². The maximum absolute atomic E-state index is 12.6. The van der Waals surface area contributed by atoms with Crippen LogP contribution in [0.15, 0.2) is 42.5 Å². The van der Waals surface area contributed by atoms with E-state index in [0.29, 0.717) is 22.8 Å². The zero-order chi connectivity index (χ0) is 25.5. The van der Waals surface area contributed by atoms with Crippen molar-refractivity contribution in [3.05, 3.63) is 58.1 Å². The summed E-state index contributed by atoms with van der Waals surface area (Å²) in [7, 11) is 0. The third-order valence-corrected chi connectivity index (χ3v) is 6.31. The van der Waals surface area contributed by atoms with Crippen molar-refractivity contribution >= 4 is 52.4 Å². The molecule has 0 aliphatic rings. The van der Waals surface area contributed by atoms with Gasteiger partial charge in [-0.25, -0.2) is 4.79 Å². The first-order valence-corrected chi connectivity index (χ1v) is 13.0. The van der Waals surface area contributed by atoms with E-state index >= 15 is 0 Å². The van der Waals surface area contributed by atoms with E-state index in [1.54, 1.807) is 42.5 Å². The standard InChI is InChI=1S/C27H34Cl2N2O4/c1-2-3-4-5-6-7-8-9-10-18-24(32)30-22-16-12-11-14-20(22)27(34)35-19-25(33)31-23-17-13-15-21(28)26(23)29/h11-17H,2-10,18-19H2,1H3,(H,30,32)(H,31,33). The van der Waals surface area contributed by atoms with E-state index < -0.39 is 18.5 Å². The zero-order valence-electron chi connectivity index (χ0n) is 20.2. The van der Waals surface area contributed by atoms with Gasteiger partial charge in [0.1, 0.15) is 0 Å². The van der Waals surface area contributed by atoms with Crippen LogP contribution in [0.3, 0.4) is 0 Å². The monoisotopic (exact) mass is 520 g/mol. The number of esters is 1. The fourth-order valence-electron chi connectivity index (χ4n) is 3.57. The highest BCUT2D eigenvalue weighted by atomic mass is 35.5. The van der Waals surface area contributed by atoms with Gasteiger partial charge in [0.2, 0.25) is 5.91 Å². The second kappa shape index (κ2) is 16.2. The number of carbonyl (C=O) groups excluding carboxylic acids is 3. The predicted octanol–water partition coefficient (Wildman–Crippen LogP) is 7.65. The summed E-state index contributed by atoms with van der Waals surface area (Å²) >= 11 is 12.0. The molecule has 0 heterocycles. The van der Waals surface area contributed by atoms with Gasteiger partial charge in [-0.05, 0) is 30.7 Å². The second-order valence-electron chi connectivity index (χ2n) is 8.40. The fraction of sp³-hybridized carbons (Fsp3) is 0.444. The Labute approximate surface area is 217 Å². The smallest absolute Gasteiger partial charge is 0.340 e. The van der Waals surface area contributed by atoms with Gasteiger partial charge in [-0.3, -0.25) is 9.59 Å². The lowest BCUT2D eigenvalue weighted by molar-refractivity contribution is -0.119. The molecule has 190 valence electrons. The Bertz CT molecular complexity index is 981. The molecule has 0 radical (unpaired) electrons. The van der Waals surface area contributed by atoms with E-state index in [2.05, 4.69) is 17.6 Å². The highest BCUT2D eigenvalue weighted by Gasteiger charge is 2.16. The largest absolute Gasteiger partial charge is 0.452 e. The van der Waals surface area contributed by atoms with Crippen molar-refractivity contribution in [3.63, 3.8) is 0 Å². The molecule has 0 saturated heterocycles. The number of unbranched alkanes of at least 4 members (excludes halogenated alkanes) is 8. The number of hydrogen-bond acceptors (Lipinski definition) is 4. The third kappa shape index (κ3) is 10.7. The molecular weight excluding hydrogens is 487 g/mol. The number of benzene rings is 2. The molecule has 0 saturated carbocycles. The number of amides is 2. The molecule has 0 aromatic heterocycles. The van der Waals surface area contributed by atoms with E-state index in [9.17, 15) is 14.4 Å². The van der Waals surface area contributed by atoms with Crippen molar-refractivity contribution in [2.45, 2.75) is 71.1 Å². The van der Waals surface area contributed by atoms with Crippen molar-refractivity contribution in [2.24, 2.45) is 0 Å². The van der Waals surface area contributed by atoms with E-state index in [4.69, 9.17) is 27.9 Å². The molecule has 2 N–H and O–H groups in total. The Morgan fingerprint density at radius 1 is 0.743 bits per heavy atom. The first-order valence-electron chi connectivity index (χ1n) is 12.2. The lowest BCUT2D eigenvalue weighted by Gasteiger charge is -2.12. The number of rotatable bonds is 15. The summed E-state index contributed by atoms with van der Waals surface area (Å²) in [5.74, 6) is -1.42. The molecule has 2 rings (SSSR count). The molecule has 2 aromatic carbocycles. The number of hydrogen-bond donors (Lipinski definition) is 2. The van der Waals surface area contributed by atoms with Gasteiger partial charge in [0.05, 0.1) is 27.0 Å². The average molecular weight is 521 g/mol. The molecule has 6 nitrogen and oxygen atoms in total. The Morgan fingerprint density at radius 3 is 2.06 bits per heavy atom. The lowest BCUT2D eigenvalue weighted by atomic mass is 10.1. The minimum atomic E-state index is -0.712. The van der Waals surface area contributed by atoms with Crippen LogP contribution in [0.2, 0.25) is 10.0 Å². The Morgan fingerprint density at radius 2 is 1.34 bits per heavy atom. The second-order valence-corrected chi connectivity index (χ2v) is 9.18. The van der Waals surface area contributed by atoms with Crippen LogP contribution in [0.25, 0.3) is 0 Å². The first-order chi connectivity index (χ1) is 16.9. The number of anilines is 2. The molecular formula is C27H34Cl2N2O4. The number of carbonyl (C=O) groups is 3. The summed E-state index contributed by atoms with van der Waals surface area (Å²) in [6, 6.07) is 11.4. The van der Waals surface area contributed by atoms with Crippen molar-refractivity contribution in [3.8, 4) is 0 Å². The molecule has 0 aliphatic heterocycles. The molecule has 2 aromatic rings. The highest BCUT2D eigenvalue weighted by molar-refractivity contribution is 6.44. The van der Waals surface area contributed by atoms with Gasteiger partial charge in [-0.15, -0.1) is 0 Å². The van der Waals surface area contributed by atoms with Gasteiger partial charge in [-0.2, -0.15) is 0 Å². The molecule has 0 bridgehead atoms. The molecule has 2 amide bonds. The molecule has 0 atom stereocenters. The number of halogens is 2. The summed E-state index contributed by atoms with van der Waals surface area (Å²) in [6.45, 7) is 1.70. The number of nitrogens with one attached hydrogen (secondary N) is 2. The molecule has 0 fully saturated rings. The first kappa shape index (κ1) is 28.7. The van der Waals surface area contributed by atoms with Crippen LogP contribution in [-0.2, 0) is 14.3 Å². The lowest BCUT2D eigenvalue weighted by Crippen LogP contribution is -2.22. The van der Waals surface area contributed by atoms with Gasteiger partial charge < -0.3 is 15.4 Å². The van der Waals surface area contributed by atoms with Crippen LogP contribution in [0.4, 0.5) is 11.4 Å². The Balaban J connectivity index is 1.75. The number of ether oxygens (including phenoxy) is 1. The van der Waals surface area contributed by atoms with Crippen molar-refractivity contribution in [1.29, 1.82) is 0 Å². The maximum Gasteiger partial charge on any atom is 0.340 e. The fourth-order valence-corrected chi connectivity index (χ4v) is 3.92. The summed E-state index contributed by atoms with van der Waals surface area (Å²) in [4.78, 5) is 37.1. The van der Waals surface area contributed by atoms with Gasteiger partial charge in [0, 0.05) is 6.42 Å². The zero-order valence-corrected chi connectivity index (χ0v) is 21.7. The van der Waals surface area contributed by atoms with Crippen molar-refractivity contribution in [1.82, 2.24) is 0 Å². The summed E-state index contributed by atoms with van der Waals surface area (Å²) in [6.07, 6.45) is 11.0. The summed E-state index contributed by atoms with van der Waals surface area (Å²) in [5, 5.41) is 5.84.